The number of halogens is 1. The van der Waals surface area contributed by atoms with Gasteiger partial charge in [0.15, 0.2) is 18.2 Å². The Kier molecular flexibility index (Phi) is 6.74. The zero-order valence-corrected chi connectivity index (χ0v) is 21.3. The van der Waals surface area contributed by atoms with Crippen LogP contribution in [-0.4, -0.2) is 40.1 Å². The normalized spacial score (nSPS) is 24.4. The van der Waals surface area contributed by atoms with Crippen LogP contribution in [0.2, 0.25) is 0 Å². The van der Waals surface area contributed by atoms with Crippen LogP contribution in [0.15, 0.2) is 36.5 Å². The number of fused-ring (bicyclic) bond motifs is 5. The first-order valence-electron chi connectivity index (χ1n) is 12.5. The minimum atomic E-state index is -0.153. The van der Waals surface area contributed by atoms with Crippen LogP contribution in [0.3, 0.4) is 0 Å². The number of ether oxygens (including phenoxy) is 2. The smallest absolute Gasteiger partial charge is 0.263 e. The number of aryl methyl sites for hydroxylation is 1. The molecule has 0 radical (unpaired) electrons. The highest BCUT2D eigenvalue weighted by molar-refractivity contribution is 5.94. The van der Waals surface area contributed by atoms with Crippen LogP contribution in [0.25, 0.3) is 11.0 Å². The van der Waals surface area contributed by atoms with Crippen molar-refractivity contribution in [2.75, 3.05) is 19.0 Å². The van der Waals surface area contributed by atoms with Crippen molar-refractivity contribution in [1.29, 1.82) is 0 Å². The molecule has 7 rings (SSSR count). The third kappa shape index (κ3) is 4.72. The van der Waals surface area contributed by atoms with E-state index in [1.54, 1.807) is 7.11 Å². The molecule has 3 aliphatic carbocycles. The molecule has 3 saturated carbocycles. The van der Waals surface area contributed by atoms with Gasteiger partial charge < -0.3 is 20.1 Å². The predicted molar refractivity (Wildman–Crippen MR) is 140 cm³/mol. The molecule has 36 heavy (non-hydrogen) atoms. The average Bonchev–Trinajstić information content (AvgIpc) is 2.91. The van der Waals surface area contributed by atoms with Gasteiger partial charge in [-0.1, -0.05) is 0 Å². The molecule has 0 atom stereocenters. The number of carbonyl (C=O) groups excluding carboxylic acids is 1. The molecular formula is C27H32ClN5O3. The maximum Gasteiger partial charge on any atom is 0.263 e. The molecule has 190 valence electrons. The van der Waals surface area contributed by atoms with Gasteiger partial charge in [0, 0.05) is 24.3 Å². The summed E-state index contributed by atoms with van der Waals surface area (Å²) in [6, 6.07) is 9.86. The fourth-order valence-electron chi connectivity index (χ4n) is 6.06. The van der Waals surface area contributed by atoms with Crippen molar-refractivity contribution >= 4 is 35.2 Å². The van der Waals surface area contributed by atoms with Crippen LogP contribution in [0.5, 0.6) is 11.6 Å². The first-order valence-corrected chi connectivity index (χ1v) is 12.5. The van der Waals surface area contributed by atoms with Crippen molar-refractivity contribution in [3.05, 3.63) is 47.8 Å². The Hall–Kier alpha value is -2.97. The summed E-state index contributed by atoms with van der Waals surface area (Å²) in [6.45, 7) is 0.756. The summed E-state index contributed by atoms with van der Waals surface area (Å²) in [5, 5.41) is 6.64. The maximum absolute atomic E-state index is 11.6. The molecule has 1 aliphatic heterocycles. The lowest BCUT2D eigenvalue weighted by atomic mass is 9.55. The fourth-order valence-corrected chi connectivity index (χ4v) is 6.06. The number of rotatable bonds is 7. The molecule has 0 unspecified atom stereocenters. The number of nitrogens with zero attached hydrogens (tertiary/aromatic N) is 3. The summed E-state index contributed by atoms with van der Waals surface area (Å²) >= 11 is 0. The number of hydrogen-bond donors (Lipinski definition) is 2. The molecule has 4 aliphatic rings. The summed E-state index contributed by atoms with van der Waals surface area (Å²) in [5.74, 6) is 1.65. The lowest BCUT2D eigenvalue weighted by Crippen LogP contribution is -2.54. The Labute approximate surface area is 217 Å². The standard InChI is InChI=1S/C27H31N5O3.ClH/c1-34-23-5-3-20-24(32-23)18(7-15-28-20)6-8-26-9-12-27(13-10-26,14-11-26)29-16-19-2-4-21-25(30-19)31-22(33)17-35-21;/h2-5,7,15,29H,6,8-14,16-17H2,1H3,(H,30,31,33);1H. The molecule has 9 heteroatoms. The van der Waals surface area contributed by atoms with Gasteiger partial charge >= 0.3 is 0 Å². The number of nitrogens with one attached hydrogen (secondary N) is 2. The molecular weight excluding hydrogens is 478 g/mol. The molecule has 3 fully saturated rings. The van der Waals surface area contributed by atoms with E-state index in [-0.39, 0.29) is 30.5 Å². The Morgan fingerprint density at radius 1 is 1.06 bits per heavy atom. The number of hydrogen-bond acceptors (Lipinski definition) is 7. The number of methoxy groups -OCH3 is 1. The van der Waals surface area contributed by atoms with Gasteiger partial charge in [-0.05, 0) is 86.6 Å². The quantitative estimate of drug-likeness (QED) is 0.480. The number of pyridine rings is 3. The van der Waals surface area contributed by atoms with Gasteiger partial charge in [0.05, 0.1) is 23.8 Å². The molecule has 0 spiro atoms. The number of anilines is 1. The molecule has 8 nitrogen and oxygen atoms in total. The van der Waals surface area contributed by atoms with E-state index in [2.05, 4.69) is 31.7 Å². The highest BCUT2D eigenvalue weighted by Gasteiger charge is 2.47. The van der Waals surface area contributed by atoms with E-state index in [4.69, 9.17) is 9.47 Å². The van der Waals surface area contributed by atoms with Crippen molar-refractivity contribution in [2.24, 2.45) is 5.41 Å². The monoisotopic (exact) mass is 509 g/mol. The van der Waals surface area contributed by atoms with Crippen molar-refractivity contribution in [3.8, 4) is 11.6 Å². The first kappa shape index (κ1) is 24.7. The summed E-state index contributed by atoms with van der Waals surface area (Å²) in [5.41, 5.74) is 4.70. The highest BCUT2D eigenvalue weighted by Crippen LogP contribution is 2.54. The summed E-state index contributed by atoms with van der Waals surface area (Å²) in [6.07, 6.45) is 11.4. The van der Waals surface area contributed by atoms with Gasteiger partial charge in [-0.15, -0.1) is 12.4 Å². The van der Waals surface area contributed by atoms with Crippen molar-refractivity contribution < 1.29 is 14.3 Å². The van der Waals surface area contributed by atoms with Gasteiger partial charge in [0.2, 0.25) is 5.88 Å². The molecule has 1 amide bonds. The minimum absolute atomic E-state index is 0. The van der Waals surface area contributed by atoms with E-state index in [0.29, 0.717) is 29.4 Å². The number of aromatic nitrogens is 3. The van der Waals surface area contributed by atoms with Crippen LogP contribution in [0.4, 0.5) is 5.82 Å². The van der Waals surface area contributed by atoms with E-state index in [9.17, 15) is 4.79 Å². The SMILES string of the molecule is COc1ccc2nccc(CCC34CCC(NCc5ccc6c(n5)NC(=O)CO6)(CC3)CC4)c2n1.Cl. The molecule has 4 heterocycles. The van der Waals surface area contributed by atoms with Gasteiger partial charge in [-0.25, -0.2) is 9.97 Å². The summed E-state index contributed by atoms with van der Waals surface area (Å²) in [7, 11) is 1.65. The second kappa shape index (κ2) is 9.82. The fraction of sp³-hybridized carbons (Fsp3) is 0.481. The largest absolute Gasteiger partial charge is 0.481 e. The molecule has 0 saturated heterocycles. The number of carbonyl (C=O) groups is 1. The Morgan fingerprint density at radius 2 is 1.86 bits per heavy atom. The minimum Gasteiger partial charge on any atom is -0.481 e. The van der Waals surface area contributed by atoms with Crippen LogP contribution in [0, 0.1) is 5.41 Å². The van der Waals surface area contributed by atoms with Crippen molar-refractivity contribution in [3.63, 3.8) is 0 Å². The zero-order valence-electron chi connectivity index (χ0n) is 20.5. The molecule has 2 N–H and O–H groups in total. The average molecular weight is 510 g/mol. The third-order valence-electron chi connectivity index (χ3n) is 8.35. The third-order valence-corrected chi connectivity index (χ3v) is 8.35. The van der Waals surface area contributed by atoms with Crippen LogP contribution in [-0.2, 0) is 17.8 Å². The molecule has 0 aromatic carbocycles. The highest BCUT2D eigenvalue weighted by atomic mass is 35.5. The molecule has 3 aromatic heterocycles. The summed E-state index contributed by atoms with van der Waals surface area (Å²) < 4.78 is 10.8. The van der Waals surface area contributed by atoms with E-state index < -0.39 is 0 Å². The second-order valence-corrected chi connectivity index (χ2v) is 10.3. The van der Waals surface area contributed by atoms with Crippen LogP contribution < -0.4 is 20.1 Å². The van der Waals surface area contributed by atoms with Gasteiger partial charge in [0.25, 0.3) is 5.91 Å². The van der Waals surface area contributed by atoms with E-state index in [0.717, 1.165) is 23.1 Å². The van der Waals surface area contributed by atoms with E-state index in [1.807, 2.05) is 30.5 Å². The topological polar surface area (TPSA) is 98.3 Å². The first-order chi connectivity index (χ1) is 17.1. The predicted octanol–water partition coefficient (Wildman–Crippen LogP) is 4.60. The van der Waals surface area contributed by atoms with Crippen LogP contribution >= 0.6 is 12.4 Å². The van der Waals surface area contributed by atoms with Gasteiger partial charge in [-0.3, -0.25) is 9.78 Å². The Bertz CT molecular complexity index is 1260. The lowest BCUT2D eigenvalue weighted by Gasteiger charge is -2.54. The summed E-state index contributed by atoms with van der Waals surface area (Å²) in [4.78, 5) is 25.4. The Morgan fingerprint density at radius 3 is 2.64 bits per heavy atom. The van der Waals surface area contributed by atoms with Gasteiger partial charge in [-0.2, -0.15) is 0 Å². The number of amides is 1. The maximum atomic E-state index is 11.6. The lowest BCUT2D eigenvalue weighted by molar-refractivity contribution is -0.118. The van der Waals surface area contributed by atoms with E-state index >= 15 is 0 Å². The molecule has 3 aromatic rings. The van der Waals surface area contributed by atoms with E-state index in [1.165, 1.54) is 50.5 Å². The molecule has 2 bridgehead atoms. The Balaban J connectivity index is 0.00000267. The zero-order chi connectivity index (χ0) is 23.9. The van der Waals surface area contributed by atoms with Crippen LogP contribution in [0.1, 0.15) is 56.2 Å². The van der Waals surface area contributed by atoms with Gasteiger partial charge in [0.1, 0.15) is 0 Å². The second-order valence-electron chi connectivity index (χ2n) is 10.3. The van der Waals surface area contributed by atoms with Crippen molar-refractivity contribution in [2.45, 2.75) is 63.5 Å². The van der Waals surface area contributed by atoms with Crippen molar-refractivity contribution in [1.82, 2.24) is 20.3 Å².